The minimum Gasteiger partial charge on any atom is -0.319 e. The Morgan fingerprint density at radius 2 is 2.00 bits per heavy atom. The largest absolute Gasteiger partial charge is 0.319 e. The molecule has 0 bridgehead atoms. The molecule has 1 heterocycles. The Labute approximate surface area is 125 Å². The van der Waals surface area contributed by atoms with Gasteiger partial charge in [-0.05, 0) is 30.7 Å². The van der Waals surface area contributed by atoms with Crippen molar-refractivity contribution in [3.05, 3.63) is 39.7 Å². The van der Waals surface area contributed by atoms with Crippen LogP contribution in [0.1, 0.15) is 55.0 Å². The molecule has 0 amide bonds. The molecule has 20 heavy (non-hydrogen) atoms. The summed E-state index contributed by atoms with van der Waals surface area (Å²) < 4.78 is 0. The number of thiazole rings is 1. The first-order valence-electron chi connectivity index (χ1n) is 7.47. The molecule has 0 saturated carbocycles. The molecule has 1 unspecified atom stereocenters. The Morgan fingerprint density at radius 1 is 1.30 bits per heavy atom. The van der Waals surface area contributed by atoms with E-state index in [1.807, 2.05) is 11.3 Å². The number of aromatic nitrogens is 1. The second-order valence-electron chi connectivity index (χ2n) is 5.85. The van der Waals surface area contributed by atoms with Crippen LogP contribution < -0.4 is 5.73 Å². The van der Waals surface area contributed by atoms with Crippen molar-refractivity contribution in [2.24, 2.45) is 5.73 Å². The van der Waals surface area contributed by atoms with Gasteiger partial charge in [0.1, 0.15) is 5.01 Å². The minimum absolute atomic E-state index is 0.264. The summed E-state index contributed by atoms with van der Waals surface area (Å²) in [5.74, 6) is 0.572. The van der Waals surface area contributed by atoms with Crippen LogP contribution in [-0.2, 0) is 12.0 Å². The van der Waals surface area contributed by atoms with Crippen molar-refractivity contribution in [1.29, 1.82) is 0 Å². The molecule has 3 heteroatoms. The molecule has 1 aromatic carbocycles. The Balaban J connectivity index is 2.14. The van der Waals surface area contributed by atoms with E-state index < -0.39 is 0 Å². The Morgan fingerprint density at radius 3 is 2.70 bits per heavy atom. The maximum absolute atomic E-state index is 6.53. The van der Waals surface area contributed by atoms with Gasteiger partial charge in [0.2, 0.25) is 0 Å². The maximum Gasteiger partial charge on any atom is 0.113 e. The predicted octanol–water partition coefficient (Wildman–Crippen LogP) is 4.44. The zero-order valence-corrected chi connectivity index (χ0v) is 13.3. The van der Waals surface area contributed by atoms with Crippen molar-refractivity contribution in [2.45, 2.75) is 51.5 Å². The highest BCUT2D eigenvalue weighted by Gasteiger charge is 2.31. The summed E-state index contributed by atoms with van der Waals surface area (Å²) in [6.07, 6.45) is 2.97. The van der Waals surface area contributed by atoms with Gasteiger partial charge in [0.05, 0.1) is 11.2 Å². The highest BCUT2D eigenvalue weighted by atomic mass is 32.1. The topological polar surface area (TPSA) is 38.9 Å². The van der Waals surface area contributed by atoms with E-state index in [1.54, 1.807) is 0 Å². The molecule has 1 aliphatic carbocycles. The predicted molar refractivity (Wildman–Crippen MR) is 86.1 cm³/mol. The fourth-order valence-corrected chi connectivity index (χ4v) is 4.44. The monoisotopic (exact) mass is 286 g/mol. The summed E-state index contributed by atoms with van der Waals surface area (Å²) in [5, 5.41) is 1.11. The normalized spacial score (nSPS) is 17.7. The van der Waals surface area contributed by atoms with Crippen LogP contribution in [0.2, 0.25) is 0 Å². The van der Waals surface area contributed by atoms with Crippen molar-refractivity contribution in [3.8, 4) is 11.3 Å². The van der Waals surface area contributed by atoms with Crippen molar-refractivity contribution in [3.63, 3.8) is 0 Å². The zero-order chi connectivity index (χ0) is 14.3. The first-order chi connectivity index (χ1) is 9.59. The molecule has 1 aromatic heterocycles. The van der Waals surface area contributed by atoms with Crippen molar-refractivity contribution < 1.29 is 0 Å². The maximum atomic E-state index is 6.53. The van der Waals surface area contributed by atoms with E-state index in [4.69, 9.17) is 10.7 Å². The van der Waals surface area contributed by atoms with E-state index in [0.29, 0.717) is 5.92 Å². The van der Waals surface area contributed by atoms with Gasteiger partial charge >= 0.3 is 0 Å². The number of benzene rings is 1. The summed E-state index contributed by atoms with van der Waals surface area (Å²) in [6.45, 7) is 6.61. The van der Waals surface area contributed by atoms with Crippen LogP contribution >= 0.6 is 11.3 Å². The molecule has 0 radical (unpaired) electrons. The molecule has 0 spiro atoms. The molecule has 0 aliphatic heterocycles. The summed E-state index contributed by atoms with van der Waals surface area (Å²) >= 11 is 1.82. The van der Waals surface area contributed by atoms with Crippen molar-refractivity contribution in [1.82, 2.24) is 4.98 Å². The average molecular weight is 286 g/mol. The van der Waals surface area contributed by atoms with E-state index in [0.717, 1.165) is 24.3 Å². The Kier molecular flexibility index (Phi) is 3.43. The molecule has 3 rings (SSSR count). The number of hydrogen-bond donors (Lipinski definition) is 1. The third kappa shape index (κ3) is 2.00. The van der Waals surface area contributed by atoms with Crippen LogP contribution in [0.3, 0.4) is 0 Å². The van der Waals surface area contributed by atoms with E-state index in [2.05, 4.69) is 45.0 Å². The zero-order valence-electron chi connectivity index (χ0n) is 12.4. The van der Waals surface area contributed by atoms with Gasteiger partial charge in [-0.15, -0.1) is 11.3 Å². The quantitative estimate of drug-likeness (QED) is 0.905. The third-order valence-corrected chi connectivity index (χ3v) is 5.92. The fraction of sp³-hybridized carbons (Fsp3) is 0.471. The van der Waals surface area contributed by atoms with Gasteiger partial charge < -0.3 is 5.73 Å². The summed E-state index contributed by atoms with van der Waals surface area (Å²) in [7, 11) is 0. The van der Waals surface area contributed by atoms with Gasteiger partial charge in [-0.3, -0.25) is 0 Å². The summed E-state index contributed by atoms with van der Waals surface area (Å²) in [6, 6.07) is 8.66. The molecular formula is C17H22N2S. The standard InChI is InChI=1S/C17H22N2S/c1-4-17(18,5-2)16-19-15-13-9-7-6-8-12(13)11(3)10-14(15)20-16/h6-9,11H,4-5,10,18H2,1-3H3. The lowest BCUT2D eigenvalue weighted by atomic mass is 9.85. The molecule has 106 valence electrons. The Hall–Kier alpha value is -1.19. The molecule has 2 aromatic rings. The van der Waals surface area contributed by atoms with Crippen LogP contribution in [-0.4, -0.2) is 4.98 Å². The van der Waals surface area contributed by atoms with Crippen LogP contribution in [0.15, 0.2) is 24.3 Å². The van der Waals surface area contributed by atoms with E-state index in [9.17, 15) is 0 Å². The number of nitrogens with two attached hydrogens (primary N) is 1. The van der Waals surface area contributed by atoms with Gasteiger partial charge in [0, 0.05) is 10.4 Å². The minimum atomic E-state index is -0.264. The highest BCUT2D eigenvalue weighted by molar-refractivity contribution is 7.12. The lowest BCUT2D eigenvalue weighted by Gasteiger charge is -2.23. The van der Waals surface area contributed by atoms with Crippen LogP contribution in [0, 0.1) is 0 Å². The SMILES string of the molecule is CCC(N)(CC)c1nc2c(s1)CC(C)c1ccccc1-2. The van der Waals surface area contributed by atoms with E-state index in [1.165, 1.54) is 21.7 Å². The Bertz CT molecular complexity index is 626. The first kappa shape index (κ1) is 13.8. The number of fused-ring (bicyclic) bond motifs is 3. The first-order valence-corrected chi connectivity index (χ1v) is 8.29. The van der Waals surface area contributed by atoms with Crippen molar-refractivity contribution in [2.75, 3.05) is 0 Å². The van der Waals surface area contributed by atoms with Gasteiger partial charge in [-0.1, -0.05) is 45.0 Å². The molecule has 2 N–H and O–H groups in total. The second kappa shape index (κ2) is 4.97. The smallest absolute Gasteiger partial charge is 0.113 e. The lowest BCUT2D eigenvalue weighted by molar-refractivity contribution is 0.411. The van der Waals surface area contributed by atoms with Crippen LogP contribution in [0.4, 0.5) is 0 Å². The van der Waals surface area contributed by atoms with Crippen LogP contribution in [0.5, 0.6) is 0 Å². The lowest BCUT2D eigenvalue weighted by Crippen LogP contribution is -2.34. The summed E-state index contributed by atoms with van der Waals surface area (Å²) in [5.41, 5.74) is 10.2. The van der Waals surface area contributed by atoms with E-state index >= 15 is 0 Å². The van der Waals surface area contributed by atoms with Crippen LogP contribution in [0.25, 0.3) is 11.3 Å². The van der Waals surface area contributed by atoms with Gasteiger partial charge in [-0.2, -0.15) is 0 Å². The fourth-order valence-electron chi connectivity index (χ4n) is 3.00. The number of rotatable bonds is 3. The highest BCUT2D eigenvalue weighted by Crippen LogP contribution is 2.43. The molecule has 0 fully saturated rings. The van der Waals surface area contributed by atoms with Crippen molar-refractivity contribution >= 4 is 11.3 Å². The van der Waals surface area contributed by atoms with Gasteiger partial charge in [0.15, 0.2) is 0 Å². The van der Waals surface area contributed by atoms with E-state index in [-0.39, 0.29) is 5.54 Å². The van der Waals surface area contributed by atoms with Gasteiger partial charge in [0.25, 0.3) is 0 Å². The number of hydrogen-bond acceptors (Lipinski definition) is 3. The number of nitrogens with zero attached hydrogens (tertiary/aromatic N) is 1. The average Bonchev–Trinajstić information content (AvgIpc) is 2.91. The molecular weight excluding hydrogens is 264 g/mol. The third-order valence-electron chi connectivity index (χ3n) is 4.62. The second-order valence-corrected chi connectivity index (χ2v) is 6.93. The molecule has 1 aliphatic rings. The van der Waals surface area contributed by atoms with Gasteiger partial charge in [-0.25, -0.2) is 4.98 Å². The molecule has 1 atom stereocenters. The molecule has 0 saturated heterocycles. The summed E-state index contributed by atoms with van der Waals surface area (Å²) in [4.78, 5) is 6.34. The molecule has 2 nitrogen and oxygen atoms in total.